The Labute approximate surface area is 118 Å². The second-order valence-corrected chi connectivity index (χ2v) is 6.41. The SMILES string of the molecule is CCOC1CC(NCCC2CCC(C)CC2)C1OC. The molecule has 1 N–H and O–H groups in total. The maximum Gasteiger partial charge on any atom is 0.0986 e. The quantitative estimate of drug-likeness (QED) is 0.771. The molecule has 2 fully saturated rings. The van der Waals surface area contributed by atoms with E-state index >= 15 is 0 Å². The molecule has 0 aromatic heterocycles. The number of nitrogens with one attached hydrogen (secondary N) is 1. The summed E-state index contributed by atoms with van der Waals surface area (Å²) in [5.74, 6) is 1.91. The summed E-state index contributed by atoms with van der Waals surface area (Å²) in [5.41, 5.74) is 0. The molecule has 0 amide bonds. The highest BCUT2D eigenvalue weighted by atomic mass is 16.5. The highest BCUT2D eigenvalue weighted by Gasteiger charge is 2.41. The third-order valence-corrected chi connectivity index (χ3v) is 5.00. The molecule has 2 rings (SSSR count). The second kappa shape index (κ2) is 7.61. The van der Waals surface area contributed by atoms with Gasteiger partial charge in [-0.05, 0) is 38.1 Å². The Morgan fingerprint density at radius 3 is 2.53 bits per heavy atom. The fraction of sp³-hybridized carbons (Fsp3) is 1.00. The molecule has 3 nitrogen and oxygen atoms in total. The Bertz CT molecular complexity index is 251. The molecule has 19 heavy (non-hydrogen) atoms. The summed E-state index contributed by atoms with van der Waals surface area (Å²) in [6.07, 6.45) is 8.73. The average Bonchev–Trinajstić information content (AvgIpc) is 2.39. The van der Waals surface area contributed by atoms with Crippen LogP contribution in [0.5, 0.6) is 0 Å². The molecule has 3 unspecified atom stereocenters. The van der Waals surface area contributed by atoms with Gasteiger partial charge in [0.25, 0.3) is 0 Å². The molecular formula is C16H31NO2. The Morgan fingerprint density at radius 1 is 1.16 bits per heavy atom. The van der Waals surface area contributed by atoms with E-state index in [1.165, 1.54) is 32.1 Å². The van der Waals surface area contributed by atoms with Crippen LogP contribution < -0.4 is 5.32 Å². The van der Waals surface area contributed by atoms with E-state index in [2.05, 4.69) is 19.2 Å². The van der Waals surface area contributed by atoms with Crippen molar-refractivity contribution < 1.29 is 9.47 Å². The molecule has 0 heterocycles. The Morgan fingerprint density at radius 2 is 1.89 bits per heavy atom. The molecule has 2 aliphatic carbocycles. The molecule has 0 aromatic rings. The van der Waals surface area contributed by atoms with Crippen molar-refractivity contribution in [1.82, 2.24) is 5.32 Å². The lowest BCUT2D eigenvalue weighted by Gasteiger charge is -2.43. The van der Waals surface area contributed by atoms with E-state index in [4.69, 9.17) is 9.47 Å². The summed E-state index contributed by atoms with van der Waals surface area (Å²) in [4.78, 5) is 0. The van der Waals surface area contributed by atoms with E-state index in [0.717, 1.165) is 31.4 Å². The van der Waals surface area contributed by atoms with Gasteiger partial charge in [-0.1, -0.05) is 32.6 Å². The van der Waals surface area contributed by atoms with Gasteiger partial charge in [0.1, 0.15) is 0 Å². The second-order valence-electron chi connectivity index (χ2n) is 6.41. The maximum atomic E-state index is 5.65. The molecule has 0 aliphatic heterocycles. The van der Waals surface area contributed by atoms with Crippen LogP contribution in [0.3, 0.4) is 0 Å². The van der Waals surface area contributed by atoms with Crippen molar-refractivity contribution in [2.45, 2.75) is 70.6 Å². The molecule has 0 bridgehead atoms. The third kappa shape index (κ3) is 4.17. The van der Waals surface area contributed by atoms with Gasteiger partial charge in [0.05, 0.1) is 12.2 Å². The van der Waals surface area contributed by atoms with Gasteiger partial charge in [0.2, 0.25) is 0 Å². The van der Waals surface area contributed by atoms with E-state index in [1.807, 2.05) is 0 Å². The standard InChI is InChI=1S/C16H31NO2/c1-4-19-15-11-14(16(15)18-3)17-10-9-13-7-5-12(2)6-8-13/h12-17H,4-11H2,1-3H3. The van der Waals surface area contributed by atoms with Crippen molar-refractivity contribution in [3.05, 3.63) is 0 Å². The van der Waals surface area contributed by atoms with Crippen LogP contribution in [0.2, 0.25) is 0 Å². The molecule has 0 saturated heterocycles. The van der Waals surface area contributed by atoms with Crippen LogP contribution >= 0.6 is 0 Å². The number of methoxy groups -OCH3 is 1. The molecule has 2 aliphatic rings. The smallest absolute Gasteiger partial charge is 0.0986 e. The molecule has 0 spiro atoms. The van der Waals surface area contributed by atoms with Crippen molar-refractivity contribution in [2.75, 3.05) is 20.3 Å². The van der Waals surface area contributed by atoms with Crippen LogP contribution in [-0.2, 0) is 9.47 Å². The number of ether oxygens (including phenoxy) is 2. The molecule has 3 heteroatoms. The zero-order valence-corrected chi connectivity index (χ0v) is 12.9. The van der Waals surface area contributed by atoms with Crippen LogP contribution in [0.25, 0.3) is 0 Å². The molecular weight excluding hydrogens is 238 g/mol. The minimum absolute atomic E-state index is 0.256. The summed E-state index contributed by atoms with van der Waals surface area (Å²) in [5, 5.41) is 3.66. The fourth-order valence-corrected chi connectivity index (χ4v) is 3.56. The molecule has 0 aromatic carbocycles. The van der Waals surface area contributed by atoms with E-state index < -0.39 is 0 Å². The highest BCUT2D eigenvalue weighted by molar-refractivity contribution is 4.97. The molecule has 2 saturated carbocycles. The van der Waals surface area contributed by atoms with Gasteiger partial charge < -0.3 is 14.8 Å². The molecule has 3 atom stereocenters. The van der Waals surface area contributed by atoms with Crippen molar-refractivity contribution in [3.63, 3.8) is 0 Å². The minimum Gasteiger partial charge on any atom is -0.377 e. The lowest BCUT2D eigenvalue weighted by Crippen LogP contribution is -2.60. The van der Waals surface area contributed by atoms with Crippen molar-refractivity contribution in [3.8, 4) is 0 Å². The normalized spacial score (nSPS) is 39.0. The number of hydrogen-bond donors (Lipinski definition) is 1. The molecule has 0 radical (unpaired) electrons. The van der Waals surface area contributed by atoms with Crippen LogP contribution in [0.1, 0.15) is 52.4 Å². The van der Waals surface area contributed by atoms with Crippen molar-refractivity contribution in [2.24, 2.45) is 11.8 Å². The lowest BCUT2D eigenvalue weighted by atomic mass is 9.81. The first-order valence-electron chi connectivity index (χ1n) is 8.12. The van der Waals surface area contributed by atoms with E-state index in [1.54, 1.807) is 7.11 Å². The predicted molar refractivity (Wildman–Crippen MR) is 78.4 cm³/mol. The maximum absolute atomic E-state index is 5.65. The summed E-state index contributed by atoms with van der Waals surface area (Å²) >= 11 is 0. The largest absolute Gasteiger partial charge is 0.377 e. The third-order valence-electron chi connectivity index (χ3n) is 5.00. The highest BCUT2D eigenvalue weighted by Crippen LogP contribution is 2.31. The molecule has 112 valence electrons. The monoisotopic (exact) mass is 269 g/mol. The van der Waals surface area contributed by atoms with Gasteiger partial charge in [-0.3, -0.25) is 0 Å². The van der Waals surface area contributed by atoms with Crippen molar-refractivity contribution >= 4 is 0 Å². The van der Waals surface area contributed by atoms with Crippen LogP contribution in [0, 0.1) is 11.8 Å². The van der Waals surface area contributed by atoms with Gasteiger partial charge in [-0.15, -0.1) is 0 Å². The van der Waals surface area contributed by atoms with E-state index in [0.29, 0.717) is 12.1 Å². The van der Waals surface area contributed by atoms with Gasteiger partial charge in [-0.25, -0.2) is 0 Å². The fourth-order valence-electron chi connectivity index (χ4n) is 3.56. The zero-order valence-electron chi connectivity index (χ0n) is 12.9. The lowest BCUT2D eigenvalue weighted by molar-refractivity contribution is -0.131. The summed E-state index contributed by atoms with van der Waals surface area (Å²) < 4.78 is 11.2. The van der Waals surface area contributed by atoms with E-state index in [-0.39, 0.29) is 6.10 Å². The Balaban J connectivity index is 1.59. The average molecular weight is 269 g/mol. The zero-order chi connectivity index (χ0) is 13.7. The Kier molecular flexibility index (Phi) is 6.11. The van der Waals surface area contributed by atoms with Gasteiger partial charge in [0, 0.05) is 19.8 Å². The summed E-state index contributed by atoms with van der Waals surface area (Å²) in [6.45, 7) is 6.37. The van der Waals surface area contributed by atoms with Gasteiger partial charge >= 0.3 is 0 Å². The summed E-state index contributed by atoms with van der Waals surface area (Å²) in [7, 11) is 1.80. The predicted octanol–water partition coefficient (Wildman–Crippen LogP) is 2.98. The van der Waals surface area contributed by atoms with Gasteiger partial charge in [-0.2, -0.15) is 0 Å². The first-order valence-corrected chi connectivity index (χ1v) is 8.12. The topological polar surface area (TPSA) is 30.5 Å². The number of hydrogen-bond acceptors (Lipinski definition) is 3. The van der Waals surface area contributed by atoms with Crippen LogP contribution in [-0.4, -0.2) is 38.5 Å². The van der Waals surface area contributed by atoms with Crippen LogP contribution in [0.15, 0.2) is 0 Å². The summed E-state index contributed by atoms with van der Waals surface area (Å²) in [6, 6.07) is 0.504. The Hall–Kier alpha value is -0.120. The van der Waals surface area contributed by atoms with Crippen LogP contribution in [0.4, 0.5) is 0 Å². The minimum atomic E-state index is 0.256. The number of rotatable bonds is 7. The van der Waals surface area contributed by atoms with Gasteiger partial charge in [0.15, 0.2) is 0 Å². The van der Waals surface area contributed by atoms with Crippen molar-refractivity contribution in [1.29, 1.82) is 0 Å². The first-order chi connectivity index (χ1) is 9.24. The first kappa shape index (κ1) is 15.3. The van der Waals surface area contributed by atoms with E-state index in [9.17, 15) is 0 Å².